The maximum Gasteiger partial charge on any atom is 1.00 e. The van der Waals surface area contributed by atoms with Crippen LogP contribution in [0, 0.1) is 17.8 Å². The van der Waals surface area contributed by atoms with Crippen molar-refractivity contribution >= 4 is 13.1 Å². The zero-order valence-electron chi connectivity index (χ0n) is 17.6. The summed E-state index contributed by atoms with van der Waals surface area (Å²) >= 11 is -1.66. The van der Waals surface area contributed by atoms with Gasteiger partial charge in [0, 0.05) is 0 Å². The zero-order valence-corrected chi connectivity index (χ0v) is 18.8. The van der Waals surface area contributed by atoms with Crippen LogP contribution in [0.2, 0.25) is 15.8 Å². The van der Waals surface area contributed by atoms with E-state index in [1.807, 2.05) is 0 Å². The summed E-state index contributed by atoms with van der Waals surface area (Å²) in [6.07, 6.45) is 8.97. The number of unbranched alkanes of at least 4 members (excludes halogenated alkanes) is 4. The van der Waals surface area contributed by atoms with E-state index in [-0.39, 0.29) is 18.9 Å². The minimum Gasteiger partial charge on any atom is -0.227 e. The maximum atomic E-state index is 3.64. The van der Waals surface area contributed by atoms with Gasteiger partial charge in [0.1, 0.15) is 0 Å². The van der Waals surface area contributed by atoms with Crippen molar-refractivity contribution < 1.29 is 18.9 Å². The van der Waals surface area contributed by atoms with Crippen LogP contribution in [0.5, 0.6) is 0 Å². The van der Waals surface area contributed by atoms with E-state index in [2.05, 4.69) is 65.2 Å². The second-order valence-corrected chi connectivity index (χ2v) is 13.7. The Morgan fingerprint density at radius 3 is 1.65 bits per heavy atom. The van der Waals surface area contributed by atoms with Gasteiger partial charge < -0.3 is 0 Å². The molecule has 0 aromatic carbocycles. The third kappa shape index (κ3) is 14.7. The van der Waals surface area contributed by atoms with Crippen molar-refractivity contribution in [2.45, 2.75) is 96.4 Å². The SMILES string of the molecule is CCCCCCC=C=[CH][Al-]([CH2]C(C)C)([CH2]C(C)C)[CH2]C(C)C.[Li+]. The molecule has 23 heavy (non-hydrogen) atoms. The van der Waals surface area contributed by atoms with Gasteiger partial charge in [-0.05, 0) is 18.9 Å². The van der Waals surface area contributed by atoms with Crippen LogP contribution in [0.4, 0.5) is 0 Å². The molecular weight excluding hydrogens is 286 g/mol. The van der Waals surface area contributed by atoms with E-state index in [0.717, 1.165) is 17.8 Å². The average Bonchev–Trinajstić information content (AvgIpc) is 2.35. The van der Waals surface area contributed by atoms with Gasteiger partial charge >= 0.3 is 18.9 Å². The van der Waals surface area contributed by atoms with Crippen LogP contribution in [-0.4, -0.2) is 13.1 Å². The molecule has 0 heterocycles. The van der Waals surface area contributed by atoms with Crippen LogP contribution >= 0.6 is 0 Å². The smallest absolute Gasteiger partial charge is 0.227 e. The van der Waals surface area contributed by atoms with Crippen molar-refractivity contribution in [3.63, 3.8) is 0 Å². The molecule has 0 saturated heterocycles. The van der Waals surface area contributed by atoms with Crippen molar-refractivity contribution in [2.24, 2.45) is 17.8 Å². The molecule has 0 aliphatic rings. The van der Waals surface area contributed by atoms with Gasteiger partial charge in [-0.15, -0.1) is 0 Å². The molecule has 130 valence electrons. The summed E-state index contributed by atoms with van der Waals surface area (Å²) in [5.41, 5.74) is 3.64. The molecule has 0 aromatic heterocycles. The van der Waals surface area contributed by atoms with E-state index in [1.165, 1.54) is 48.0 Å². The van der Waals surface area contributed by atoms with E-state index in [9.17, 15) is 0 Å². The topological polar surface area (TPSA) is 0 Å². The van der Waals surface area contributed by atoms with Crippen LogP contribution in [0.15, 0.2) is 16.7 Å². The first-order valence-corrected chi connectivity index (χ1v) is 13.1. The summed E-state index contributed by atoms with van der Waals surface area (Å²) in [6, 6.07) is 0. The minimum atomic E-state index is -1.66. The summed E-state index contributed by atoms with van der Waals surface area (Å²) < 4.78 is 0. The fourth-order valence-corrected chi connectivity index (χ4v) is 11.5. The van der Waals surface area contributed by atoms with E-state index in [4.69, 9.17) is 0 Å². The van der Waals surface area contributed by atoms with Crippen LogP contribution in [0.25, 0.3) is 0 Å². The second-order valence-electron chi connectivity index (χ2n) is 8.85. The van der Waals surface area contributed by atoms with Gasteiger partial charge in [-0.2, -0.15) is 21.6 Å². The first kappa shape index (κ1) is 25.9. The predicted molar refractivity (Wildman–Crippen MR) is 106 cm³/mol. The Balaban J connectivity index is 0. The summed E-state index contributed by atoms with van der Waals surface area (Å²) in [7, 11) is 0. The number of rotatable bonds is 12. The molecule has 2 heteroatoms. The van der Waals surface area contributed by atoms with Gasteiger partial charge in [0.05, 0.1) is 0 Å². The molecule has 0 fully saturated rings. The standard InChI is InChI=1S/C9H15.3C4H9.Al.Li/c1-3-5-7-9-8-6-4-2;3*1-4(2)3;;/h1,5H,4,6-9H2,2H3;3*4H,1H2,2-3H3;;/q;;;;-1;+1. The first-order chi connectivity index (χ1) is 10.3. The first-order valence-electron chi connectivity index (χ1n) is 9.94. The molecule has 0 radical (unpaired) electrons. The van der Waals surface area contributed by atoms with Crippen molar-refractivity contribution in [3.8, 4) is 0 Å². The Bertz CT molecular complexity index is 298. The van der Waals surface area contributed by atoms with Crippen molar-refractivity contribution in [2.75, 3.05) is 0 Å². The van der Waals surface area contributed by atoms with Gasteiger partial charge in [-0.3, -0.25) is 0 Å². The van der Waals surface area contributed by atoms with E-state index >= 15 is 0 Å². The van der Waals surface area contributed by atoms with E-state index in [0.29, 0.717) is 0 Å². The molecule has 0 amide bonds. The third-order valence-electron chi connectivity index (χ3n) is 4.59. The van der Waals surface area contributed by atoms with Gasteiger partial charge in [-0.1, -0.05) is 85.5 Å². The van der Waals surface area contributed by atoms with E-state index < -0.39 is 13.1 Å². The minimum absolute atomic E-state index is 0. The number of allylic oxidation sites excluding steroid dienone is 1. The summed E-state index contributed by atoms with van der Waals surface area (Å²) in [6.45, 7) is 16.7. The Hall–Kier alpha value is 0.650. The van der Waals surface area contributed by atoms with Crippen LogP contribution in [0.3, 0.4) is 0 Å². The second kappa shape index (κ2) is 14.9. The van der Waals surface area contributed by atoms with Crippen LogP contribution < -0.4 is 18.9 Å². The molecule has 0 nitrogen and oxygen atoms in total. The molecular formula is C21H42AlLi. The Labute approximate surface area is 162 Å². The quantitative estimate of drug-likeness (QED) is 0.278. The molecule has 0 N–H and O–H groups in total. The van der Waals surface area contributed by atoms with Crippen molar-refractivity contribution in [1.29, 1.82) is 0 Å². The monoisotopic (exact) mass is 328 g/mol. The van der Waals surface area contributed by atoms with Crippen molar-refractivity contribution in [3.05, 3.63) is 16.7 Å². The Kier molecular flexibility index (Phi) is 16.8. The largest absolute Gasteiger partial charge is 1.00 e. The number of hydrogen-bond donors (Lipinski definition) is 0. The van der Waals surface area contributed by atoms with Gasteiger partial charge in [0.25, 0.3) is 0 Å². The fourth-order valence-electron chi connectivity index (χ4n) is 4.34. The van der Waals surface area contributed by atoms with Gasteiger partial charge in [0.15, 0.2) is 13.1 Å². The van der Waals surface area contributed by atoms with Crippen LogP contribution in [0.1, 0.15) is 80.6 Å². The molecule has 0 saturated carbocycles. The maximum absolute atomic E-state index is 3.64. The normalized spacial score (nSPS) is 11.6. The molecule has 0 unspecified atom stereocenters. The van der Waals surface area contributed by atoms with Gasteiger partial charge in [0.2, 0.25) is 0 Å². The summed E-state index contributed by atoms with van der Waals surface area (Å²) in [4.78, 5) is 2.60. The fraction of sp³-hybridized carbons (Fsp3) is 0.857. The Morgan fingerprint density at radius 1 is 0.783 bits per heavy atom. The number of hydrogen-bond acceptors (Lipinski definition) is 0. The molecule has 0 bridgehead atoms. The van der Waals surface area contributed by atoms with E-state index in [1.54, 1.807) is 0 Å². The molecule has 0 aromatic rings. The molecule has 0 aliphatic heterocycles. The predicted octanol–water partition coefficient (Wildman–Crippen LogP) is 4.63. The third-order valence-corrected chi connectivity index (χ3v) is 11.1. The molecule has 0 rings (SSSR count). The molecule has 0 atom stereocenters. The average molecular weight is 328 g/mol. The zero-order chi connectivity index (χ0) is 17.0. The Morgan fingerprint density at radius 2 is 1.26 bits per heavy atom. The molecule has 0 aliphatic carbocycles. The van der Waals surface area contributed by atoms with Crippen molar-refractivity contribution in [1.82, 2.24) is 0 Å². The van der Waals surface area contributed by atoms with Crippen LogP contribution in [-0.2, 0) is 0 Å². The van der Waals surface area contributed by atoms with Gasteiger partial charge in [-0.25, -0.2) is 4.94 Å². The summed E-state index contributed by atoms with van der Waals surface area (Å²) in [5, 5.41) is 4.38. The summed E-state index contributed by atoms with van der Waals surface area (Å²) in [5.74, 6) is 2.47. The molecule has 0 spiro atoms.